The molecular weight excluding hydrogens is 405 g/mol. The second-order valence-electron chi connectivity index (χ2n) is 7.54. The fraction of sp³-hybridized carbons (Fsp3) is 0.318. The predicted octanol–water partition coefficient (Wildman–Crippen LogP) is 3.48. The van der Waals surface area contributed by atoms with Crippen LogP contribution in [0.4, 0.5) is 4.39 Å². The minimum Gasteiger partial charge on any atom is -0.359 e. The second kappa shape index (κ2) is 9.51. The first kappa shape index (κ1) is 20.7. The molecular formula is C22H24FN3O3S. The molecule has 4 rings (SSSR count). The van der Waals surface area contributed by atoms with Gasteiger partial charge < -0.3 is 4.52 Å². The summed E-state index contributed by atoms with van der Waals surface area (Å²) in [5.74, 6) is 0.710. The van der Waals surface area contributed by atoms with E-state index < -0.39 is 10.9 Å². The number of aromatic nitrogens is 1. The lowest BCUT2D eigenvalue weighted by atomic mass is 9.88. The summed E-state index contributed by atoms with van der Waals surface area (Å²) in [4.78, 5) is 2.29. The van der Waals surface area contributed by atoms with Gasteiger partial charge in [-0.2, -0.15) is 0 Å². The van der Waals surface area contributed by atoms with Crippen LogP contribution in [-0.4, -0.2) is 31.6 Å². The van der Waals surface area contributed by atoms with Crippen LogP contribution in [0.15, 0.2) is 59.1 Å². The molecule has 1 saturated heterocycles. The number of rotatable bonds is 7. The molecule has 0 radical (unpaired) electrons. The predicted molar refractivity (Wildman–Crippen MR) is 113 cm³/mol. The van der Waals surface area contributed by atoms with E-state index in [-0.39, 0.29) is 18.3 Å². The summed E-state index contributed by atoms with van der Waals surface area (Å²) in [7, 11) is -2.66. The minimum absolute atomic E-state index is 0.122. The first-order valence-electron chi connectivity index (χ1n) is 9.98. The van der Waals surface area contributed by atoms with Gasteiger partial charge in [0, 0.05) is 18.2 Å². The number of benzene rings is 2. The highest BCUT2D eigenvalue weighted by atomic mass is 32.2. The van der Waals surface area contributed by atoms with E-state index in [1.807, 2.05) is 36.4 Å². The quantitative estimate of drug-likeness (QED) is 0.563. The number of hydrogen-bond donors (Lipinski definition) is 2. The van der Waals surface area contributed by atoms with E-state index >= 15 is 0 Å². The molecule has 0 aliphatic carbocycles. The van der Waals surface area contributed by atoms with Crippen LogP contribution in [0.5, 0.6) is 0 Å². The van der Waals surface area contributed by atoms with Gasteiger partial charge in [0.2, 0.25) is 10.9 Å². The van der Waals surface area contributed by atoms with Gasteiger partial charge in [-0.3, -0.25) is 4.90 Å². The fourth-order valence-corrected chi connectivity index (χ4v) is 4.24. The van der Waals surface area contributed by atoms with Crippen molar-refractivity contribution in [3.05, 3.63) is 77.3 Å². The molecule has 0 bridgehead atoms. The van der Waals surface area contributed by atoms with E-state index in [9.17, 15) is 12.8 Å². The molecule has 1 fully saturated rings. The molecule has 0 saturated carbocycles. The first-order valence-corrected chi connectivity index (χ1v) is 11.2. The number of thiol groups is 1. The Morgan fingerprint density at radius 1 is 1.10 bits per heavy atom. The van der Waals surface area contributed by atoms with Crippen molar-refractivity contribution in [2.45, 2.75) is 31.8 Å². The molecule has 1 N–H and O–H groups in total. The zero-order chi connectivity index (χ0) is 20.9. The maximum atomic E-state index is 14.4. The van der Waals surface area contributed by atoms with Crippen molar-refractivity contribution in [1.82, 2.24) is 14.8 Å². The molecule has 1 aromatic heterocycles. The molecule has 0 unspecified atom stereocenters. The molecule has 0 amide bonds. The molecule has 2 heterocycles. The second-order valence-corrected chi connectivity index (χ2v) is 8.37. The van der Waals surface area contributed by atoms with Crippen LogP contribution in [0, 0.1) is 5.82 Å². The SMILES string of the molecule is O=[SH](=O)NCc1ccc(F)c(C2CCN(Cc3cc(-c4ccccc4)no3)CC2)c1. The van der Waals surface area contributed by atoms with Gasteiger partial charge >= 0.3 is 0 Å². The minimum atomic E-state index is -2.66. The van der Waals surface area contributed by atoms with E-state index in [0.717, 1.165) is 48.5 Å². The van der Waals surface area contributed by atoms with Gasteiger partial charge in [-0.25, -0.2) is 17.5 Å². The number of likely N-dealkylation sites (tertiary alicyclic amines) is 1. The summed E-state index contributed by atoms with van der Waals surface area (Å²) >= 11 is 0. The van der Waals surface area contributed by atoms with Gasteiger partial charge in [0.05, 0.1) is 6.54 Å². The highest BCUT2D eigenvalue weighted by molar-refractivity contribution is 7.70. The number of halogens is 1. The number of hydrogen-bond acceptors (Lipinski definition) is 5. The van der Waals surface area contributed by atoms with Gasteiger partial charge in [0.15, 0.2) is 5.76 Å². The highest BCUT2D eigenvalue weighted by Crippen LogP contribution is 2.31. The highest BCUT2D eigenvalue weighted by Gasteiger charge is 2.24. The van der Waals surface area contributed by atoms with Crippen molar-refractivity contribution in [2.75, 3.05) is 13.1 Å². The summed E-state index contributed by atoms with van der Waals surface area (Å²) in [5.41, 5.74) is 3.29. The summed E-state index contributed by atoms with van der Waals surface area (Å²) in [6, 6.07) is 16.7. The number of piperidine rings is 1. The monoisotopic (exact) mass is 429 g/mol. The van der Waals surface area contributed by atoms with Crippen molar-refractivity contribution in [3.63, 3.8) is 0 Å². The Balaban J connectivity index is 1.35. The number of nitrogens with zero attached hydrogens (tertiary/aromatic N) is 2. The molecule has 158 valence electrons. The van der Waals surface area contributed by atoms with Gasteiger partial charge in [-0.1, -0.05) is 47.6 Å². The van der Waals surface area contributed by atoms with Crippen LogP contribution in [-0.2, 0) is 24.0 Å². The maximum Gasteiger partial charge on any atom is 0.201 e. The van der Waals surface area contributed by atoms with E-state index in [4.69, 9.17) is 4.52 Å². The normalized spacial score (nSPS) is 15.7. The molecule has 0 atom stereocenters. The molecule has 30 heavy (non-hydrogen) atoms. The zero-order valence-electron chi connectivity index (χ0n) is 16.5. The summed E-state index contributed by atoms with van der Waals surface area (Å²) in [6.45, 7) is 2.52. The molecule has 8 heteroatoms. The average molecular weight is 430 g/mol. The third kappa shape index (κ3) is 5.13. The Morgan fingerprint density at radius 2 is 1.87 bits per heavy atom. The third-order valence-corrected chi connectivity index (χ3v) is 5.92. The Bertz CT molecular complexity index is 1050. The topological polar surface area (TPSA) is 75.4 Å². The van der Waals surface area contributed by atoms with Gasteiger partial charge in [-0.05, 0) is 49.0 Å². The lowest BCUT2D eigenvalue weighted by molar-refractivity contribution is 0.183. The Hall–Kier alpha value is -2.55. The lowest BCUT2D eigenvalue weighted by Crippen LogP contribution is -2.32. The van der Waals surface area contributed by atoms with Crippen molar-refractivity contribution in [2.24, 2.45) is 0 Å². The Morgan fingerprint density at radius 3 is 2.60 bits per heavy atom. The summed E-state index contributed by atoms with van der Waals surface area (Å²) < 4.78 is 43.7. The largest absolute Gasteiger partial charge is 0.359 e. The molecule has 3 aromatic rings. The van der Waals surface area contributed by atoms with Crippen LogP contribution in [0.2, 0.25) is 0 Å². The van der Waals surface area contributed by atoms with Crippen molar-refractivity contribution in [3.8, 4) is 11.3 Å². The van der Waals surface area contributed by atoms with Gasteiger partial charge in [0.25, 0.3) is 0 Å². The number of nitrogens with one attached hydrogen (secondary N) is 1. The fourth-order valence-electron chi connectivity index (χ4n) is 3.93. The van der Waals surface area contributed by atoms with E-state index in [0.29, 0.717) is 12.1 Å². The van der Waals surface area contributed by atoms with Crippen LogP contribution >= 0.6 is 0 Å². The summed E-state index contributed by atoms with van der Waals surface area (Å²) in [6.07, 6.45) is 1.67. The standard InChI is InChI=1S/C22H24FN3O3S/c23-21-7-6-16(14-24-30(27)28)12-20(21)17-8-10-26(11-9-17)15-19-13-22(25-29-19)18-4-2-1-3-5-18/h1-7,12-13,17,30H,8-11,14-15H2,(H,24,27,28). The smallest absolute Gasteiger partial charge is 0.201 e. The van der Waals surface area contributed by atoms with Crippen molar-refractivity contribution < 1.29 is 17.3 Å². The van der Waals surface area contributed by atoms with Crippen LogP contribution in [0.1, 0.15) is 35.6 Å². The zero-order valence-corrected chi connectivity index (χ0v) is 17.4. The third-order valence-electron chi connectivity index (χ3n) is 5.51. The average Bonchev–Trinajstić information content (AvgIpc) is 3.23. The lowest BCUT2D eigenvalue weighted by Gasteiger charge is -2.31. The van der Waals surface area contributed by atoms with Crippen molar-refractivity contribution in [1.29, 1.82) is 0 Å². The summed E-state index contributed by atoms with van der Waals surface area (Å²) in [5, 5.41) is 4.17. The Labute approximate surface area is 176 Å². The van der Waals surface area contributed by atoms with Gasteiger partial charge in [-0.15, -0.1) is 0 Å². The van der Waals surface area contributed by atoms with E-state index in [2.05, 4.69) is 14.8 Å². The molecule has 6 nitrogen and oxygen atoms in total. The molecule has 1 aliphatic heterocycles. The molecule has 1 aliphatic rings. The van der Waals surface area contributed by atoms with Crippen LogP contribution < -0.4 is 4.72 Å². The molecule has 0 spiro atoms. The molecule has 2 aromatic carbocycles. The maximum absolute atomic E-state index is 14.4. The first-order chi connectivity index (χ1) is 14.6. The van der Waals surface area contributed by atoms with E-state index in [1.165, 1.54) is 6.07 Å². The van der Waals surface area contributed by atoms with E-state index in [1.54, 1.807) is 12.1 Å². The van der Waals surface area contributed by atoms with Gasteiger partial charge in [0.1, 0.15) is 11.5 Å². The van der Waals surface area contributed by atoms with Crippen LogP contribution in [0.25, 0.3) is 11.3 Å². The Kier molecular flexibility index (Phi) is 6.56. The van der Waals surface area contributed by atoms with Crippen molar-refractivity contribution >= 4 is 10.9 Å². The van der Waals surface area contributed by atoms with Crippen LogP contribution in [0.3, 0.4) is 0 Å².